The van der Waals surface area contributed by atoms with Crippen LogP contribution in [0.5, 0.6) is 0 Å². The van der Waals surface area contributed by atoms with Crippen molar-refractivity contribution in [1.82, 2.24) is 9.88 Å². The van der Waals surface area contributed by atoms with Gasteiger partial charge in [-0.3, -0.25) is 14.7 Å². The number of carbonyl (C=O) groups is 1. The van der Waals surface area contributed by atoms with E-state index in [-0.39, 0.29) is 5.91 Å². The van der Waals surface area contributed by atoms with Crippen molar-refractivity contribution in [3.63, 3.8) is 0 Å². The molecule has 26 heavy (non-hydrogen) atoms. The van der Waals surface area contributed by atoms with Crippen LogP contribution in [0.4, 0.5) is 5.69 Å². The van der Waals surface area contributed by atoms with Crippen LogP contribution in [0, 0.1) is 0 Å². The first kappa shape index (κ1) is 18.4. The molecule has 1 aliphatic heterocycles. The Morgan fingerprint density at radius 2 is 2.08 bits per heavy atom. The van der Waals surface area contributed by atoms with Gasteiger partial charge >= 0.3 is 0 Å². The number of amides is 1. The van der Waals surface area contributed by atoms with Gasteiger partial charge in [0.05, 0.1) is 15.6 Å². The smallest absolute Gasteiger partial charge is 0.267 e. The fourth-order valence-corrected chi connectivity index (χ4v) is 3.61. The van der Waals surface area contributed by atoms with Gasteiger partial charge in [0.2, 0.25) is 0 Å². The molecule has 0 saturated carbocycles. The third-order valence-electron chi connectivity index (χ3n) is 3.85. The number of aryl methyl sites for hydroxylation is 1. The Morgan fingerprint density at radius 3 is 2.73 bits per heavy atom. The molecule has 0 spiro atoms. The SMILES string of the molecule is C=CCN1C(=O)/C(=C/c2ccc(CC)cc2)SC1=Nc1ccncc1Cl. The lowest BCUT2D eigenvalue weighted by Gasteiger charge is -2.12. The molecule has 1 amide bonds. The van der Waals surface area contributed by atoms with Crippen LogP contribution in [0.1, 0.15) is 18.1 Å². The predicted molar refractivity (Wildman–Crippen MR) is 110 cm³/mol. The topological polar surface area (TPSA) is 45.6 Å². The van der Waals surface area contributed by atoms with Crippen LogP contribution < -0.4 is 0 Å². The number of nitrogens with zero attached hydrogens (tertiary/aromatic N) is 3. The summed E-state index contributed by atoms with van der Waals surface area (Å²) in [6.45, 7) is 6.24. The Labute approximate surface area is 162 Å². The molecule has 1 saturated heterocycles. The summed E-state index contributed by atoms with van der Waals surface area (Å²) in [7, 11) is 0. The van der Waals surface area contributed by atoms with Gasteiger partial charge in [0, 0.05) is 18.9 Å². The number of rotatable bonds is 5. The van der Waals surface area contributed by atoms with Crippen molar-refractivity contribution in [2.24, 2.45) is 4.99 Å². The first-order valence-electron chi connectivity index (χ1n) is 8.21. The van der Waals surface area contributed by atoms with Crippen LogP contribution in [0.3, 0.4) is 0 Å². The monoisotopic (exact) mass is 383 g/mol. The molecule has 0 radical (unpaired) electrons. The van der Waals surface area contributed by atoms with Crippen molar-refractivity contribution < 1.29 is 4.79 Å². The molecule has 0 aliphatic carbocycles. The van der Waals surface area contributed by atoms with E-state index < -0.39 is 0 Å². The van der Waals surface area contributed by atoms with E-state index in [2.05, 4.69) is 35.6 Å². The average molecular weight is 384 g/mol. The van der Waals surface area contributed by atoms with E-state index >= 15 is 0 Å². The van der Waals surface area contributed by atoms with E-state index in [4.69, 9.17) is 11.6 Å². The second-order valence-electron chi connectivity index (χ2n) is 5.63. The molecule has 132 valence electrons. The van der Waals surface area contributed by atoms with Crippen LogP contribution >= 0.6 is 23.4 Å². The van der Waals surface area contributed by atoms with Crippen molar-refractivity contribution in [3.05, 3.63) is 76.4 Å². The maximum absolute atomic E-state index is 12.8. The molecule has 0 bridgehead atoms. The lowest BCUT2D eigenvalue weighted by atomic mass is 10.1. The van der Waals surface area contributed by atoms with Crippen molar-refractivity contribution in [2.75, 3.05) is 6.54 Å². The molecule has 2 aromatic rings. The standard InChI is InChI=1S/C20H18ClN3OS/c1-3-11-24-19(25)18(12-15-7-5-14(4-2)6-8-15)26-20(24)23-17-9-10-22-13-16(17)21/h3,5-10,12-13H,1,4,11H2,2H3/b18-12-,23-20?. The first-order valence-corrected chi connectivity index (χ1v) is 9.41. The van der Waals surface area contributed by atoms with Gasteiger partial charge in [0.1, 0.15) is 0 Å². The number of hydrogen-bond donors (Lipinski definition) is 0. The van der Waals surface area contributed by atoms with Gasteiger partial charge in [-0.1, -0.05) is 48.9 Å². The summed E-state index contributed by atoms with van der Waals surface area (Å²) in [6.07, 6.45) is 7.71. The van der Waals surface area contributed by atoms with Gasteiger partial charge in [-0.2, -0.15) is 0 Å². The zero-order chi connectivity index (χ0) is 18.5. The molecule has 0 atom stereocenters. The fraction of sp³-hybridized carbons (Fsp3) is 0.150. The number of amidine groups is 1. The Hall–Kier alpha value is -2.37. The summed E-state index contributed by atoms with van der Waals surface area (Å²) in [6, 6.07) is 9.91. The largest absolute Gasteiger partial charge is 0.283 e. The van der Waals surface area contributed by atoms with Crippen LogP contribution in [-0.2, 0) is 11.2 Å². The second-order valence-corrected chi connectivity index (χ2v) is 7.05. The highest BCUT2D eigenvalue weighted by Crippen LogP contribution is 2.35. The quantitative estimate of drug-likeness (QED) is 0.533. The molecule has 1 aromatic carbocycles. The minimum Gasteiger partial charge on any atom is -0.283 e. The Kier molecular flexibility index (Phi) is 5.91. The van der Waals surface area contributed by atoms with Crippen molar-refractivity contribution >= 4 is 46.2 Å². The highest BCUT2D eigenvalue weighted by atomic mass is 35.5. The van der Waals surface area contributed by atoms with Gasteiger partial charge < -0.3 is 0 Å². The number of thioether (sulfide) groups is 1. The molecule has 0 N–H and O–H groups in total. The number of aromatic nitrogens is 1. The second kappa shape index (κ2) is 8.34. The van der Waals surface area contributed by atoms with Gasteiger partial charge in [-0.05, 0) is 41.5 Å². The number of halogens is 1. The Morgan fingerprint density at radius 1 is 1.31 bits per heavy atom. The van der Waals surface area contributed by atoms with Gasteiger partial charge in [0.25, 0.3) is 5.91 Å². The van der Waals surface area contributed by atoms with Gasteiger partial charge in [-0.15, -0.1) is 6.58 Å². The molecule has 2 heterocycles. The molecular formula is C20H18ClN3OS. The molecular weight excluding hydrogens is 366 g/mol. The van der Waals surface area contributed by atoms with E-state index in [1.54, 1.807) is 23.2 Å². The number of pyridine rings is 1. The zero-order valence-electron chi connectivity index (χ0n) is 14.4. The molecule has 0 unspecified atom stereocenters. The van der Waals surface area contributed by atoms with Crippen LogP contribution in [0.2, 0.25) is 5.02 Å². The van der Waals surface area contributed by atoms with E-state index in [1.807, 2.05) is 18.2 Å². The predicted octanol–water partition coefficient (Wildman–Crippen LogP) is 5.09. The highest BCUT2D eigenvalue weighted by Gasteiger charge is 2.32. The fourth-order valence-electron chi connectivity index (χ4n) is 2.44. The summed E-state index contributed by atoms with van der Waals surface area (Å²) >= 11 is 7.48. The van der Waals surface area contributed by atoms with E-state index in [1.165, 1.54) is 23.5 Å². The van der Waals surface area contributed by atoms with Gasteiger partial charge in [0.15, 0.2) is 5.17 Å². The maximum atomic E-state index is 12.8. The first-order chi connectivity index (χ1) is 12.6. The summed E-state index contributed by atoms with van der Waals surface area (Å²) in [5.74, 6) is -0.0848. The number of carbonyl (C=O) groups excluding carboxylic acids is 1. The minimum absolute atomic E-state index is 0.0848. The van der Waals surface area contributed by atoms with Crippen LogP contribution in [-0.4, -0.2) is 27.5 Å². The molecule has 3 rings (SSSR count). The highest BCUT2D eigenvalue weighted by molar-refractivity contribution is 8.18. The van der Waals surface area contributed by atoms with Crippen molar-refractivity contribution in [1.29, 1.82) is 0 Å². The van der Waals surface area contributed by atoms with Crippen LogP contribution in [0.25, 0.3) is 6.08 Å². The molecule has 6 heteroatoms. The van der Waals surface area contributed by atoms with E-state index in [9.17, 15) is 4.79 Å². The van der Waals surface area contributed by atoms with Gasteiger partial charge in [-0.25, -0.2) is 4.99 Å². The molecule has 1 aliphatic rings. The average Bonchev–Trinajstić information content (AvgIpc) is 2.93. The summed E-state index contributed by atoms with van der Waals surface area (Å²) < 4.78 is 0. The summed E-state index contributed by atoms with van der Waals surface area (Å²) in [5.41, 5.74) is 2.83. The Balaban J connectivity index is 1.94. The third kappa shape index (κ3) is 4.06. The minimum atomic E-state index is -0.0848. The van der Waals surface area contributed by atoms with Crippen molar-refractivity contribution in [3.8, 4) is 0 Å². The molecule has 1 aromatic heterocycles. The summed E-state index contributed by atoms with van der Waals surface area (Å²) in [4.78, 5) is 23.5. The summed E-state index contributed by atoms with van der Waals surface area (Å²) in [5, 5.41) is 1.03. The number of aliphatic imine (C=N–C) groups is 1. The Bertz CT molecular complexity index is 890. The molecule has 4 nitrogen and oxygen atoms in total. The van der Waals surface area contributed by atoms with Crippen molar-refractivity contribution in [2.45, 2.75) is 13.3 Å². The zero-order valence-corrected chi connectivity index (χ0v) is 15.9. The van der Waals surface area contributed by atoms with Crippen LogP contribution in [0.15, 0.2) is 65.3 Å². The number of benzene rings is 1. The lowest BCUT2D eigenvalue weighted by molar-refractivity contribution is -0.121. The third-order valence-corrected chi connectivity index (χ3v) is 5.15. The normalized spacial score (nSPS) is 17.3. The van der Waals surface area contributed by atoms with E-state index in [0.29, 0.717) is 27.3 Å². The maximum Gasteiger partial charge on any atom is 0.267 e. The molecule has 1 fully saturated rings. The van der Waals surface area contributed by atoms with E-state index in [0.717, 1.165) is 12.0 Å². The lowest BCUT2D eigenvalue weighted by Crippen LogP contribution is -2.29. The number of hydrogen-bond acceptors (Lipinski definition) is 4.